The Labute approximate surface area is 246 Å². The zero-order chi connectivity index (χ0) is 32.4. The van der Waals surface area contributed by atoms with E-state index in [1.165, 1.54) is 0 Å². The summed E-state index contributed by atoms with van der Waals surface area (Å²) in [6, 6.07) is -5.56. The molecular formula is C21H32N6O13S2. The van der Waals surface area contributed by atoms with Crippen LogP contribution in [0.3, 0.4) is 0 Å². The number of amides is 4. The largest absolute Gasteiger partial charge is 0.480 e. The number of carbonyl (C=O) groups is 9. The van der Waals surface area contributed by atoms with Crippen molar-refractivity contribution in [1.29, 1.82) is 0 Å². The van der Waals surface area contributed by atoms with Crippen LogP contribution in [0.4, 0.5) is 4.79 Å². The van der Waals surface area contributed by atoms with Crippen molar-refractivity contribution in [3.05, 3.63) is 0 Å². The molecule has 19 nitrogen and oxygen atoms in total. The van der Waals surface area contributed by atoms with Gasteiger partial charge in [-0.1, -0.05) is 23.5 Å². The Morgan fingerprint density at radius 3 is 1.21 bits per heavy atom. The number of carboxylic acid groups (broad SMARTS) is 4. The van der Waals surface area contributed by atoms with Crippen LogP contribution in [0.15, 0.2) is 0 Å². The molecule has 0 aliphatic rings. The van der Waals surface area contributed by atoms with E-state index in [2.05, 4.69) is 10.6 Å². The molecule has 0 aliphatic heterocycles. The summed E-state index contributed by atoms with van der Waals surface area (Å²) < 4.78 is -0.716. The van der Waals surface area contributed by atoms with Crippen LogP contribution >= 0.6 is 23.5 Å². The summed E-state index contributed by atoms with van der Waals surface area (Å²) in [7, 11) is 0. The molecular weight excluding hydrogens is 608 g/mol. The topological polar surface area (TPSA) is 335 Å². The fourth-order valence-corrected chi connectivity index (χ4v) is 4.45. The van der Waals surface area contributed by atoms with Crippen molar-refractivity contribution in [1.82, 2.24) is 21.3 Å². The van der Waals surface area contributed by atoms with Crippen molar-refractivity contribution < 1.29 is 63.6 Å². The molecule has 0 aliphatic carbocycles. The number of carbonyl (C=O) groups excluding carboxylic acids is 5. The summed E-state index contributed by atoms with van der Waals surface area (Å²) in [6.45, 7) is -1.60. The number of hydrogen-bond donors (Lipinski definition) is 10. The summed E-state index contributed by atoms with van der Waals surface area (Å²) >= 11 is 0.977. The van der Waals surface area contributed by atoms with Crippen molar-refractivity contribution in [3.8, 4) is 0 Å². The summed E-state index contributed by atoms with van der Waals surface area (Å²) in [5.74, 6) is -9.84. The predicted octanol–water partition coefficient (Wildman–Crippen LogP) is -3.67. The number of rotatable bonds is 20. The van der Waals surface area contributed by atoms with Gasteiger partial charge in [0.1, 0.15) is 37.3 Å². The third-order valence-electron chi connectivity index (χ3n) is 4.87. The Balaban J connectivity index is 5.25. The first kappa shape index (κ1) is 38.0. The van der Waals surface area contributed by atoms with Gasteiger partial charge in [-0.3, -0.25) is 43.2 Å². The van der Waals surface area contributed by atoms with E-state index < -0.39 is 114 Å². The highest BCUT2D eigenvalue weighted by atomic mass is 32.2. The molecule has 12 N–H and O–H groups in total. The normalized spacial score (nSPS) is 13.4. The predicted molar refractivity (Wildman–Crippen MR) is 145 cm³/mol. The molecule has 0 aromatic rings. The molecule has 0 bridgehead atoms. The van der Waals surface area contributed by atoms with E-state index in [0.717, 1.165) is 0 Å². The van der Waals surface area contributed by atoms with E-state index in [0.29, 0.717) is 23.5 Å². The van der Waals surface area contributed by atoms with Gasteiger partial charge in [0.2, 0.25) is 28.1 Å². The van der Waals surface area contributed by atoms with Crippen LogP contribution in [-0.2, 0) is 38.4 Å². The van der Waals surface area contributed by atoms with Crippen molar-refractivity contribution in [2.75, 3.05) is 24.6 Å². The van der Waals surface area contributed by atoms with Crippen LogP contribution in [0.2, 0.25) is 0 Å². The maximum Gasteiger partial charge on any atom is 0.322 e. The number of thioether (sulfide) groups is 2. The molecule has 0 fully saturated rings. The lowest BCUT2D eigenvalue weighted by molar-refractivity contribution is -0.140. The zero-order valence-corrected chi connectivity index (χ0v) is 23.5. The molecule has 0 rings (SSSR count). The molecule has 0 aromatic carbocycles. The second kappa shape index (κ2) is 20.0. The highest BCUT2D eigenvalue weighted by molar-refractivity contribution is 8.38. The van der Waals surface area contributed by atoms with Gasteiger partial charge in [0.15, 0.2) is 0 Å². The SMILES string of the molecule is NC(CCC(=O)NC(CSC(=O)SCC(NC(=O)CCC(N)C(=O)O)C(=O)NCC(=O)O)C(=O)NCC(=O)O)C(=O)O. The van der Waals surface area contributed by atoms with Gasteiger partial charge in [0.05, 0.1) is 0 Å². The maximum absolute atomic E-state index is 12.5. The highest BCUT2D eigenvalue weighted by Crippen LogP contribution is 2.19. The quantitative estimate of drug-likeness (QED) is 0.0612. The third-order valence-corrected chi connectivity index (χ3v) is 7.04. The van der Waals surface area contributed by atoms with Gasteiger partial charge in [-0.2, -0.15) is 0 Å². The Morgan fingerprint density at radius 2 is 0.929 bits per heavy atom. The minimum absolute atomic E-state index is 0.272. The Hall–Kier alpha value is -3.95. The fraction of sp³-hybridized carbons (Fsp3) is 0.571. The smallest absolute Gasteiger partial charge is 0.322 e. The lowest BCUT2D eigenvalue weighted by atomic mass is 10.1. The fourth-order valence-electron chi connectivity index (χ4n) is 2.64. The standard InChI is InChI=1S/C21H32N6O13S2/c22-9(19(36)37)1-3-13(28)26-11(17(34)24-5-15(30)31)7-41-21(40)42-8-12(18(35)25-6-16(32)33)27-14(29)4-2-10(23)20(38)39/h9-12H,1-8,22-23H2,(H,24,34)(H,25,35)(H,26,28)(H,27,29)(H,30,31)(H,32,33)(H,36,37)(H,38,39). The van der Waals surface area contributed by atoms with Crippen molar-refractivity contribution in [2.45, 2.75) is 49.9 Å². The van der Waals surface area contributed by atoms with Crippen LogP contribution in [0.1, 0.15) is 25.7 Å². The monoisotopic (exact) mass is 640 g/mol. The molecule has 4 unspecified atom stereocenters. The Kier molecular flexibility index (Phi) is 18.1. The van der Waals surface area contributed by atoms with Gasteiger partial charge >= 0.3 is 23.9 Å². The van der Waals surface area contributed by atoms with E-state index in [1.807, 2.05) is 10.6 Å². The minimum Gasteiger partial charge on any atom is -0.480 e. The summed E-state index contributed by atoms with van der Waals surface area (Å²) in [5.41, 5.74) is 10.7. The van der Waals surface area contributed by atoms with Gasteiger partial charge in [0.25, 0.3) is 0 Å². The lowest BCUT2D eigenvalue weighted by Gasteiger charge is -2.19. The molecule has 0 radical (unpaired) electrons. The first-order chi connectivity index (χ1) is 19.5. The molecule has 236 valence electrons. The second-order valence-corrected chi connectivity index (χ2v) is 10.5. The van der Waals surface area contributed by atoms with E-state index in [1.54, 1.807) is 0 Å². The number of nitrogens with two attached hydrogens (primary N) is 2. The van der Waals surface area contributed by atoms with Crippen molar-refractivity contribution in [2.24, 2.45) is 11.5 Å². The molecule has 0 spiro atoms. The van der Waals surface area contributed by atoms with E-state index >= 15 is 0 Å². The Morgan fingerprint density at radius 1 is 0.595 bits per heavy atom. The van der Waals surface area contributed by atoms with Crippen LogP contribution < -0.4 is 32.7 Å². The molecule has 21 heteroatoms. The second-order valence-electron chi connectivity index (χ2n) is 8.30. The van der Waals surface area contributed by atoms with Crippen LogP contribution in [0.5, 0.6) is 0 Å². The third kappa shape index (κ3) is 17.7. The van der Waals surface area contributed by atoms with Crippen LogP contribution in [-0.4, -0.2) is 121 Å². The zero-order valence-electron chi connectivity index (χ0n) is 21.9. The molecule has 0 saturated heterocycles. The van der Waals surface area contributed by atoms with E-state index in [4.69, 9.17) is 31.9 Å². The highest BCUT2D eigenvalue weighted by Gasteiger charge is 2.26. The summed E-state index contributed by atoms with van der Waals surface area (Å²) in [4.78, 5) is 105. The molecule has 4 atom stereocenters. The lowest BCUT2D eigenvalue weighted by Crippen LogP contribution is -2.50. The van der Waals surface area contributed by atoms with E-state index in [9.17, 15) is 43.2 Å². The number of aliphatic carboxylic acids is 4. The average Bonchev–Trinajstić information content (AvgIpc) is 2.91. The number of nitrogens with one attached hydrogen (secondary N) is 4. The maximum atomic E-state index is 12.5. The van der Waals surface area contributed by atoms with Gasteiger partial charge in [-0.15, -0.1) is 0 Å². The first-order valence-corrected chi connectivity index (χ1v) is 13.8. The van der Waals surface area contributed by atoms with E-state index in [-0.39, 0.29) is 12.8 Å². The molecule has 0 aromatic heterocycles. The molecule has 0 heterocycles. The number of hydrogen-bond acceptors (Lipinski definition) is 13. The van der Waals surface area contributed by atoms with Gasteiger partial charge in [0, 0.05) is 24.3 Å². The van der Waals surface area contributed by atoms with Crippen molar-refractivity contribution >= 4 is 75.5 Å². The van der Waals surface area contributed by atoms with Crippen LogP contribution in [0, 0.1) is 0 Å². The summed E-state index contributed by atoms with van der Waals surface area (Å²) in [5, 5.41) is 43.7. The first-order valence-electron chi connectivity index (χ1n) is 11.9. The van der Waals surface area contributed by atoms with Gasteiger partial charge in [-0.25, -0.2) is 0 Å². The molecule has 0 saturated carbocycles. The van der Waals surface area contributed by atoms with Gasteiger partial charge in [-0.05, 0) is 12.8 Å². The average molecular weight is 641 g/mol. The Bertz CT molecular complexity index is 966. The number of carboxylic acids is 4. The van der Waals surface area contributed by atoms with Gasteiger partial charge < -0.3 is 53.2 Å². The minimum atomic E-state index is -1.43. The molecule has 4 amide bonds. The van der Waals surface area contributed by atoms with Crippen LogP contribution in [0.25, 0.3) is 0 Å². The molecule has 42 heavy (non-hydrogen) atoms. The van der Waals surface area contributed by atoms with Crippen molar-refractivity contribution in [3.63, 3.8) is 0 Å². The summed E-state index contributed by atoms with van der Waals surface area (Å²) in [6.07, 6.45) is -1.33.